The third-order valence-corrected chi connectivity index (χ3v) is 2.94. The number of carbonyl (C=O) groups is 1. The first kappa shape index (κ1) is 14.7. The van der Waals surface area contributed by atoms with Gasteiger partial charge in [-0.25, -0.2) is 4.79 Å². The number of nitrogen functional groups attached to an aromatic ring is 1. The summed E-state index contributed by atoms with van der Waals surface area (Å²) in [5.41, 5.74) is 8.17. The number of nitrogens with one attached hydrogen (secondary N) is 1. The summed E-state index contributed by atoms with van der Waals surface area (Å²) in [6.45, 7) is 2.53. The molecule has 2 aromatic carbocycles. The summed E-state index contributed by atoms with van der Waals surface area (Å²) in [5, 5.41) is 3.18. The van der Waals surface area contributed by atoms with E-state index < -0.39 is 5.97 Å². The van der Waals surface area contributed by atoms with Crippen molar-refractivity contribution in [3.05, 3.63) is 48.0 Å². The number of nitrogens with two attached hydrogens (primary N) is 1. The van der Waals surface area contributed by atoms with Crippen LogP contribution in [0.3, 0.4) is 0 Å². The van der Waals surface area contributed by atoms with Crippen LogP contribution < -0.4 is 15.8 Å². The van der Waals surface area contributed by atoms with Gasteiger partial charge in [-0.15, -0.1) is 0 Å². The minimum absolute atomic E-state index is 0.337. The molecule has 0 aliphatic carbocycles. The summed E-state index contributed by atoms with van der Waals surface area (Å²) in [6.07, 6.45) is 0. The number of hydrogen-bond donors (Lipinski definition) is 2. The number of carbonyl (C=O) groups excluding carboxylic acids is 1. The Morgan fingerprint density at radius 3 is 2.71 bits per heavy atom. The lowest BCUT2D eigenvalue weighted by atomic mass is 10.1. The van der Waals surface area contributed by atoms with Crippen molar-refractivity contribution in [3.63, 3.8) is 0 Å². The molecule has 3 N–H and O–H groups in total. The van der Waals surface area contributed by atoms with E-state index in [2.05, 4.69) is 5.32 Å². The molecular formula is C16H18N2O3. The van der Waals surface area contributed by atoms with Crippen molar-refractivity contribution >= 4 is 23.0 Å². The number of methoxy groups -OCH3 is 1. The Balaban J connectivity index is 2.27. The van der Waals surface area contributed by atoms with Crippen LogP contribution >= 0.6 is 0 Å². The van der Waals surface area contributed by atoms with E-state index >= 15 is 0 Å². The summed E-state index contributed by atoms with van der Waals surface area (Å²) in [4.78, 5) is 11.6. The van der Waals surface area contributed by atoms with Crippen LogP contribution in [0.5, 0.6) is 5.75 Å². The highest BCUT2D eigenvalue weighted by atomic mass is 16.5. The molecule has 0 atom stereocenters. The van der Waals surface area contributed by atoms with Gasteiger partial charge in [0.25, 0.3) is 0 Å². The van der Waals surface area contributed by atoms with Crippen LogP contribution in [0.1, 0.15) is 17.3 Å². The zero-order chi connectivity index (χ0) is 15.2. The maximum atomic E-state index is 11.6. The summed E-state index contributed by atoms with van der Waals surface area (Å²) in [7, 11) is 1.33. The number of benzene rings is 2. The zero-order valence-corrected chi connectivity index (χ0v) is 12.1. The van der Waals surface area contributed by atoms with E-state index in [9.17, 15) is 4.79 Å². The average Bonchev–Trinajstić information content (AvgIpc) is 2.49. The van der Waals surface area contributed by atoms with E-state index in [0.717, 1.165) is 11.4 Å². The van der Waals surface area contributed by atoms with Gasteiger partial charge in [-0.2, -0.15) is 0 Å². The van der Waals surface area contributed by atoms with E-state index in [4.69, 9.17) is 15.2 Å². The highest BCUT2D eigenvalue weighted by Crippen LogP contribution is 2.28. The van der Waals surface area contributed by atoms with E-state index in [0.29, 0.717) is 23.5 Å². The molecular weight excluding hydrogens is 268 g/mol. The molecule has 0 unspecified atom stereocenters. The Bertz CT molecular complexity index is 641. The van der Waals surface area contributed by atoms with Crippen LogP contribution in [0, 0.1) is 0 Å². The van der Waals surface area contributed by atoms with Gasteiger partial charge in [-0.3, -0.25) is 0 Å². The van der Waals surface area contributed by atoms with Gasteiger partial charge in [0.05, 0.1) is 30.7 Å². The smallest absolute Gasteiger partial charge is 0.340 e. The van der Waals surface area contributed by atoms with Gasteiger partial charge in [-0.1, -0.05) is 12.1 Å². The minimum atomic E-state index is -0.459. The first-order valence-electron chi connectivity index (χ1n) is 6.62. The van der Waals surface area contributed by atoms with Crippen LogP contribution in [-0.2, 0) is 4.74 Å². The maximum absolute atomic E-state index is 11.6. The monoisotopic (exact) mass is 286 g/mol. The molecule has 21 heavy (non-hydrogen) atoms. The summed E-state index contributed by atoms with van der Waals surface area (Å²) < 4.78 is 10.2. The Morgan fingerprint density at radius 2 is 2.00 bits per heavy atom. The fraction of sp³-hybridized carbons (Fsp3) is 0.188. The first-order chi connectivity index (χ1) is 10.2. The Kier molecular flexibility index (Phi) is 4.66. The van der Waals surface area contributed by atoms with E-state index in [1.54, 1.807) is 18.2 Å². The standard InChI is InChI=1S/C16H18N2O3/c1-3-21-12-7-4-6-11(10-12)18-14-9-5-8-13(15(14)17)16(19)20-2/h4-10,18H,3,17H2,1-2H3. The molecule has 0 spiro atoms. The highest BCUT2D eigenvalue weighted by molar-refractivity contribution is 5.98. The minimum Gasteiger partial charge on any atom is -0.494 e. The maximum Gasteiger partial charge on any atom is 0.340 e. The second-order valence-electron chi connectivity index (χ2n) is 4.34. The highest BCUT2D eigenvalue weighted by Gasteiger charge is 2.12. The van der Waals surface area contributed by atoms with Crippen molar-refractivity contribution in [1.29, 1.82) is 0 Å². The van der Waals surface area contributed by atoms with Gasteiger partial charge in [0.2, 0.25) is 0 Å². The number of para-hydroxylation sites is 1. The van der Waals surface area contributed by atoms with Gasteiger partial charge in [0.15, 0.2) is 0 Å². The van der Waals surface area contributed by atoms with Crippen LogP contribution in [-0.4, -0.2) is 19.7 Å². The quantitative estimate of drug-likeness (QED) is 0.652. The second-order valence-corrected chi connectivity index (χ2v) is 4.34. The Labute approximate surface area is 123 Å². The predicted octanol–water partition coefficient (Wildman–Crippen LogP) is 3.20. The topological polar surface area (TPSA) is 73.6 Å². The lowest BCUT2D eigenvalue weighted by Gasteiger charge is -2.13. The molecule has 0 fully saturated rings. The molecule has 2 rings (SSSR count). The summed E-state index contributed by atoms with van der Waals surface area (Å²) in [6, 6.07) is 12.7. The summed E-state index contributed by atoms with van der Waals surface area (Å²) >= 11 is 0. The summed E-state index contributed by atoms with van der Waals surface area (Å²) in [5.74, 6) is 0.310. The number of ether oxygens (including phenoxy) is 2. The fourth-order valence-electron chi connectivity index (χ4n) is 1.95. The van der Waals surface area contributed by atoms with Gasteiger partial charge in [0, 0.05) is 11.8 Å². The molecule has 0 amide bonds. The molecule has 0 bridgehead atoms. The fourth-order valence-corrected chi connectivity index (χ4v) is 1.95. The van der Waals surface area contributed by atoms with E-state index in [-0.39, 0.29) is 0 Å². The number of rotatable bonds is 5. The van der Waals surface area contributed by atoms with Crippen molar-refractivity contribution in [1.82, 2.24) is 0 Å². The van der Waals surface area contributed by atoms with Crippen LogP contribution in [0.15, 0.2) is 42.5 Å². The molecule has 0 heterocycles. The molecule has 0 aromatic heterocycles. The van der Waals surface area contributed by atoms with Crippen molar-refractivity contribution in [3.8, 4) is 5.75 Å². The van der Waals surface area contributed by atoms with Gasteiger partial charge < -0.3 is 20.5 Å². The molecule has 0 aliphatic heterocycles. The molecule has 0 aliphatic rings. The largest absolute Gasteiger partial charge is 0.494 e. The first-order valence-corrected chi connectivity index (χ1v) is 6.62. The number of hydrogen-bond acceptors (Lipinski definition) is 5. The lowest BCUT2D eigenvalue weighted by molar-refractivity contribution is 0.0602. The molecule has 2 aromatic rings. The lowest BCUT2D eigenvalue weighted by Crippen LogP contribution is -2.07. The predicted molar refractivity (Wildman–Crippen MR) is 83.1 cm³/mol. The average molecular weight is 286 g/mol. The van der Waals surface area contributed by atoms with Gasteiger partial charge in [0.1, 0.15) is 5.75 Å². The van der Waals surface area contributed by atoms with Crippen LogP contribution in [0.25, 0.3) is 0 Å². The SMILES string of the molecule is CCOc1cccc(Nc2cccc(C(=O)OC)c2N)c1. The zero-order valence-electron chi connectivity index (χ0n) is 12.1. The normalized spacial score (nSPS) is 10.0. The van der Waals surface area contributed by atoms with Gasteiger partial charge >= 0.3 is 5.97 Å². The van der Waals surface area contributed by atoms with Gasteiger partial charge in [-0.05, 0) is 31.2 Å². The Morgan fingerprint density at radius 1 is 1.24 bits per heavy atom. The third kappa shape index (κ3) is 3.45. The van der Waals surface area contributed by atoms with E-state index in [1.807, 2.05) is 31.2 Å². The molecule has 110 valence electrons. The third-order valence-electron chi connectivity index (χ3n) is 2.94. The molecule has 0 saturated heterocycles. The number of esters is 1. The van der Waals surface area contributed by atoms with Crippen molar-refractivity contribution in [2.24, 2.45) is 0 Å². The second kappa shape index (κ2) is 6.65. The van der Waals surface area contributed by atoms with E-state index in [1.165, 1.54) is 7.11 Å². The van der Waals surface area contributed by atoms with Crippen LogP contribution in [0.4, 0.5) is 17.1 Å². The Hall–Kier alpha value is -2.69. The molecule has 0 saturated carbocycles. The number of anilines is 3. The molecule has 0 radical (unpaired) electrons. The van der Waals surface area contributed by atoms with Crippen molar-refractivity contribution < 1.29 is 14.3 Å². The molecule has 5 heteroatoms. The van der Waals surface area contributed by atoms with Crippen molar-refractivity contribution in [2.45, 2.75) is 6.92 Å². The van der Waals surface area contributed by atoms with Crippen LogP contribution in [0.2, 0.25) is 0 Å². The van der Waals surface area contributed by atoms with Crippen molar-refractivity contribution in [2.75, 3.05) is 24.8 Å². The molecule has 5 nitrogen and oxygen atoms in total.